The molecule has 0 bridgehead atoms. The second-order valence-corrected chi connectivity index (χ2v) is 7.37. The van der Waals surface area contributed by atoms with E-state index in [1.54, 1.807) is 13.1 Å². The number of hydrogen-bond acceptors (Lipinski definition) is 2. The predicted molar refractivity (Wildman–Crippen MR) is 99.9 cm³/mol. The van der Waals surface area contributed by atoms with Gasteiger partial charge in [-0.05, 0) is 56.2 Å². The summed E-state index contributed by atoms with van der Waals surface area (Å²) in [5.41, 5.74) is 2.14. The van der Waals surface area contributed by atoms with E-state index < -0.39 is 0 Å². The minimum Gasteiger partial charge on any atom is -0.355 e. The Kier molecular flexibility index (Phi) is 5.61. The number of urea groups is 1. The number of anilines is 1. The number of rotatable bonds is 5. The van der Waals surface area contributed by atoms with Gasteiger partial charge in [0.05, 0.1) is 0 Å². The maximum atomic E-state index is 13.0. The monoisotopic (exact) mass is 343 g/mol. The van der Waals surface area contributed by atoms with E-state index in [1.807, 2.05) is 19.1 Å². The Hall–Kier alpha value is -2.04. The van der Waals surface area contributed by atoms with Crippen LogP contribution in [0.1, 0.15) is 60.9 Å². The van der Waals surface area contributed by atoms with Gasteiger partial charge in [0.15, 0.2) is 0 Å². The van der Waals surface area contributed by atoms with Gasteiger partial charge in [-0.1, -0.05) is 25.3 Å². The quantitative estimate of drug-likeness (QED) is 0.851. The Bertz CT molecular complexity index is 634. The molecule has 3 rings (SSSR count). The summed E-state index contributed by atoms with van der Waals surface area (Å²) in [5, 5.41) is 5.72. The van der Waals surface area contributed by atoms with Gasteiger partial charge in [0.1, 0.15) is 0 Å². The predicted octanol–water partition coefficient (Wildman–Crippen LogP) is 3.93. The van der Waals surface area contributed by atoms with Crippen molar-refractivity contribution < 1.29 is 9.59 Å². The molecule has 25 heavy (non-hydrogen) atoms. The van der Waals surface area contributed by atoms with Crippen LogP contribution in [-0.2, 0) is 0 Å². The average Bonchev–Trinajstić information content (AvgIpc) is 3.45. The van der Waals surface area contributed by atoms with Crippen LogP contribution < -0.4 is 10.6 Å². The van der Waals surface area contributed by atoms with Crippen molar-refractivity contribution in [3.05, 3.63) is 29.3 Å². The van der Waals surface area contributed by atoms with Crippen LogP contribution in [0.15, 0.2) is 18.2 Å². The van der Waals surface area contributed by atoms with E-state index >= 15 is 0 Å². The van der Waals surface area contributed by atoms with E-state index in [2.05, 4.69) is 15.5 Å². The van der Waals surface area contributed by atoms with Gasteiger partial charge in [0.25, 0.3) is 5.91 Å². The largest absolute Gasteiger partial charge is 0.355 e. The Morgan fingerprint density at radius 1 is 1.12 bits per heavy atom. The zero-order valence-electron chi connectivity index (χ0n) is 15.3. The Balaban J connectivity index is 1.75. The number of amides is 3. The van der Waals surface area contributed by atoms with Gasteiger partial charge in [-0.3, -0.25) is 4.79 Å². The fourth-order valence-corrected chi connectivity index (χ4v) is 3.71. The van der Waals surface area contributed by atoms with Crippen molar-refractivity contribution in [2.24, 2.45) is 5.92 Å². The van der Waals surface area contributed by atoms with E-state index in [-0.39, 0.29) is 11.9 Å². The van der Waals surface area contributed by atoms with Crippen molar-refractivity contribution in [3.63, 3.8) is 0 Å². The topological polar surface area (TPSA) is 61.4 Å². The lowest BCUT2D eigenvalue weighted by Gasteiger charge is -2.34. The molecule has 2 fully saturated rings. The normalized spacial score (nSPS) is 17.8. The summed E-state index contributed by atoms with van der Waals surface area (Å²) in [4.78, 5) is 27.0. The molecule has 1 aromatic carbocycles. The maximum absolute atomic E-state index is 13.0. The van der Waals surface area contributed by atoms with Gasteiger partial charge in [0, 0.05) is 30.9 Å². The molecule has 136 valence electrons. The third-order valence-electron chi connectivity index (χ3n) is 5.48. The van der Waals surface area contributed by atoms with Crippen LogP contribution in [0.2, 0.25) is 0 Å². The fraction of sp³-hybridized carbons (Fsp3) is 0.600. The zero-order valence-corrected chi connectivity index (χ0v) is 15.3. The smallest absolute Gasteiger partial charge is 0.322 e. The van der Waals surface area contributed by atoms with E-state index in [1.165, 1.54) is 32.1 Å². The second-order valence-electron chi connectivity index (χ2n) is 7.37. The number of hydrogen-bond donors (Lipinski definition) is 2. The lowest BCUT2D eigenvalue weighted by Crippen LogP contribution is -2.45. The van der Waals surface area contributed by atoms with Crippen molar-refractivity contribution in [2.45, 2.75) is 57.9 Å². The highest BCUT2D eigenvalue weighted by molar-refractivity contribution is 5.99. The first-order valence-corrected chi connectivity index (χ1v) is 9.49. The summed E-state index contributed by atoms with van der Waals surface area (Å²) >= 11 is 0. The van der Waals surface area contributed by atoms with Crippen LogP contribution in [-0.4, -0.2) is 36.5 Å². The minimum atomic E-state index is -0.129. The molecule has 5 nitrogen and oxygen atoms in total. The number of benzene rings is 1. The highest BCUT2D eigenvalue weighted by Gasteiger charge is 2.32. The van der Waals surface area contributed by atoms with Crippen LogP contribution in [0.5, 0.6) is 0 Å². The van der Waals surface area contributed by atoms with E-state index in [4.69, 9.17) is 0 Å². The van der Waals surface area contributed by atoms with E-state index in [0.717, 1.165) is 30.6 Å². The van der Waals surface area contributed by atoms with Crippen LogP contribution in [0.3, 0.4) is 0 Å². The van der Waals surface area contributed by atoms with Crippen LogP contribution >= 0.6 is 0 Å². The van der Waals surface area contributed by atoms with Gasteiger partial charge in [-0.15, -0.1) is 0 Å². The lowest BCUT2D eigenvalue weighted by molar-refractivity contribution is 0.0962. The molecule has 0 unspecified atom stereocenters. The molecule has 3 amide bonds. The summed E-state index contributed by atoms with van der Waals surface area (Å²) in [6.07, 6.45) is 8.40. The molecule has 0 radical (unpaired) electrons. The summed E-state index contributed by atoms with van der Waals surface area (Å²) in [6, 6.07) is 5.81. The maximum Gasteiger partial charge on any atom is 0.322 e. The van der Waals surface area contributed by atoms with Crippen molar-refractivity contribution >= 4 is 17.6 Å². The molecular formula is C20H29N3O2. The summed E-state index contributed by atoms with van der Waals surface area (Å²) < 4.78 is 0. The first kappa shape index (κ1) is 17.8. The minimum absolute atomic E-state index is 0.0176. The highest BCUT2D eigenvalue weighted by Crippen LogP contribution is 2.33. The fourth-order valence-electron chi connectivity index (χ4n) is 3.71. The zero-order chi connectivity index (χ0) is 17.8. The molecule has 5 heteroatoms. The van der Waals surface area contributed by atoms with Gasteiger partial charge in [-0.25, -0.2) is 4.79 Å². The van der Waals surface area contributed by atoms with Gasteiger partial charge in [-0.2, -0.15) is 0 Å². The van der Waals surface area contributed by atoms with Crippen LogP contribution in [0, 0.1) is 12.8 Å². The standard InChI is InChI=1S/C20H29N3O2/c1-14-17(19(24)21-2)9-6-10-18(14)22-20(25)23(13-15-11-12-15)16-7-4-3-5-8-16/h6,9-10,15-16H,3-5,7-8,11-13H2,1-2H3,(H,21,24)(H,22,25). The lowest BCUT2D eigenvalue weighted by atomic mass is 9.94. The van der Waals surface area contributed by atoms with Gasteiger partial charge < -0.3 is 15.5 Å². The average molecular weight is 343 g/mol. The number of carbonyl (C=O) groups is 2. The molecule has 0 heterocycles. The second kappa shape index (κ2) is 7.89. The molecule has 0 spiro atoms. The van der Waals surface area contributed by atoms with Gasteiger partial charge >= 0.3 is 6.03 Å². The molecule has 2 saturated carbocycles. The molecule has 0 atom stereocenters. The molecule has 2 aliphatic rings. The molecule has 2 N–H and O–H groups in total. The van der Waals surface area contributed by atoms with E-state index in [0.29, 0.717) is 17.5 Å². The SMILES string of the molecule is CNC(=O)c1cccc(NC(=O)N(CC2CC2)C2CCCCC2)c1C. The van der Waals surface area contributed by atoms with E-state index in [9.17, 15) is 9.59 Å². The molecule has 0 aromatic heterocycles. The third kappa shape index (κ3) is 4.33. The molecule has 2 aliphatic carbocycles. The van der Waals surface area contributed by atoms with Crippen molar-refractivity contribution in [2.75, 3.05) is 18.9 Å². The van der Waals surface area contributed by atoms with Crippen molar-refractivity contribution in [3.8, 4) is 0 Å². The number of carbonyl (C=O) groups excluding carboxylic acids is 2. The Morgan fingerprint density at radius 2 is 1.84 bits per heavy atom. The van der Waals surface area contributed by atoms with Crippen molar-refractivity contribution in [1.29, 1.82) is 0 Å². The summed E-state index contributed by atoms with van der Waals surface area (Å²) in [6.45, 7) is 2.75. The Labute approximate surface area is 150 Å². The third-order valence-corrected chi connectivity index (χ3v) is 5.48. The number of nitrogens with zero attached hydrogens (tertiary/aromatic N) is 1. The first-order valence-electron chi connectivity index (χ1n) is 9.49. The van der Waals surface area contributed by atoms with Crippen LogP contribution in [0.4, 0.5) is 10.5 Å². The highest BCUT2D eigenvalue weighted by atomic mass is 16.2. The summed E-state index contributed by atoms with van der Waals surface area (Å²) in [5.74, 6) is 0.543. The Morgan fingerprint density at radius 3 is 2.48 bits per heavy atom. The molecule has 0 saturated heterocycles. The van der Waals surface area contributed by atoms with Crippen molar-refractivity contribution in [1.82, 2.24) is 10.2 Å². The molecule has 0 aliphatic heterocycles. The summed E-state index contributed by atoms with van der Waals surface area (Å²) in [7, 11) is 1.62. The molecule has 1 aromatic rings. The molecular weight excluding hydrogens is 314 g/mol. The van der Waals surface area contributed by atoms with Gasteiger partial charge in [0.2, 0.25) is 0 Å². The van der Waals surface area contributed by atoms with Crippen LogP contribution in [0.25, 0.3) is 0 Å². The number of nitrogens with one attached hydrogen (secondary N) is 2. The first-order chi connectivity index (χ1) is 12.1.